The van der Waals surface area contributed by atoms with E-state index in [1.54, 1.807) is 21.5 Å². The topological polar surface area (TPSA) is 67.7 Å². The Morgan fingerprint density at radius 2 is 1.96 bits per heavy atom. The van der Waals surface area contributed by atoms with Crippen LogP contribution in [0.2, 0.25) is 0 Å². The first-order valence-corrected chi connectivity index (χ1v) is 8.13. The first-order valence-electron chi connectivity index (χ1n) is 8.13. The summed E-state index contributed by atoms with van der Waals surface area (Å²) in [6, 6.07) is 0. The van der Waals surface area contributed by atoms with Crippen LogP contribution < -0.4 is 0 Å². The highest BCUT2D eigenvalue weighted by Gasteiger charge is 2.33. The summed E-state index contributed by atoms with van der Waals surface area (Å²) in [5, 5.41) is 4.47. The molecule has 1 fully saturated rings. The third-order valence-electron chi connectivity index (χ3n) is 4.72. The lowest BCUT2D eigenvalue weighted by molar-refractivity contribution is -0.129. The van der Waals surface area contributed by atoms with Gasteiger partial charge in [-0.2, -0.15) is 5.10 Å². The number of hydrogen-bond donors (Lipinski definition) is 0. The normalized spacial score (nSPS) is 25.3. The third kappa shape index (κ3) is 2.85. The zero-order valence-corrected chi connectivity index (χ0v) is 14.2. The summed E-state index contributed by atoms with van der Waals surface area (Å²) in [7, 11) is 3.63. The van der Waals surface area contributed by atoms with Crippen LogP contribution >= 0.6 is 0 Å². The molecule has 0 saturated carbocycles. The van der Waals surface area contributed by atoms with Crippen LogP contribution in [0.4, 0.5) is 0 Å². The summed E-state index contributed by atoms with van der Waals surface area (Å²) in [4.78, 5) is 28.2. The van der Waals surface area contributed by atoms with Gasteiger partial charge in [-0.1, -0.05) is 0 Å². The standard InChI is InChI=1S/C16H24N4O3/c1-10-9-12-14(17-19(4)15(12)11(2)23-10)16(22)20-6-5-13(21)18(3)7-8-20/h10-11H,5-9H2,1-4H3/t10-,11+/m1/s1. The van der Waals surface area contributed by atoms with Gasteiger partial charge < -0.3 is 14.5 Å². The number of carbonyl (C=O) groups excluding carboxylic acids is 2. The maximum atomic E-state index is 12.9. The number of hydrogen-bond acceptors (Lipinski definition) is 4. The van der Waals surface area contributed by atoms with Gasteiger partial charge in [0, 0.05) is 52.1 Å². The molecule has 7 nitrogen and oxygen atoms in total. The van der Waals surface area contributed by atoms with Gasteiger partial charge in [-0.05, 0) is 13.8 Å². The van der Waals surface area contributed by atoms with E-state index in [-0.39, 0.29) is 24.0 Å². The number of fused-ring (bicyclic) bond motifs is 1. The molecule has 0 N–H and O–H groups in total. The zero-order chi connectivity index (χ0) is 16.7. The van der Waals surface area contributed by atoms with Gasteiger partial charge in [0.25, 0.3) is 5.91 Å². The summed E-state index contributed by atoms with van der Waals surface area (Å²) < 4.78 is 7.60. The highest BCUT2D eigenvalue weighted by Crippen LogP contribution is 2.32. The lowest BCUT2D eigenvalue weighted by Crippen LogP contribution is -2.36. The zero-order valence-electron chi connectivity index (χ0n) is 14.2. The van der Waals surface area contributed by atoms with Crippen molar-refractivity contribution in [3.8, 4) is 0 Å². The van der Waals surface area contributed by atoms with Crippen LogP contribution in [0.1, 0.15) is 48.1 Å². The number of rotatable bonds is 1. The van der Waals surface area contributed by atoms with Crippen LogP contribution in [0.5, 0.6) is 0 Å². The molecule has 2 atom stereocenters. The summed E-state index contributed by atoms with van der Waals surface area (Å²) in [5.74, 6) is 0.00486. The Balaban J connectivity index is 1.89. The number of likely N-dealkylation sites (N-methyl/N-ethyl adjacent to an activating group) is 1. The predicted molar refractivity (Wildman–Crippen MR) is 84.0 cm³/mol. The van der Waals surface area contributed by atoms with Crippen molar-refractivity contribution in [1.82, 2.24) is 19.6 Å². The Morgan fingerprint density at radius 1 is 1.22 bits per heavy atom. The number of carbonyl (C=O) groups is 2. The second kappa shape index (κ2) is 5.96. The third-order valence-corrected chi connectivity index (χ3v) is 4.72. The Labute approximate surface area is 136 Å². The first kappa shape index (κ1) is 16.0. The average molecular weight is 320 g/mol. The van der Waals surface area contributed by atoms with E-state index in [1.807, 2.05) is 20.9 Å². The second-order valence-corrected chi connectivity index (χ2v) is 6.49. The van der Waals surface area contributed by atoms with Gasteiger partial charge in [-0.25, -0.2) is 0 Å². The monoisotopic (exact) mass is 320 g/mol. The fraction of sp³-hybridized carbons (Fsp3) is 0.688. The average Bonchev–Trinajstić information content (AvgIpc) is 2.72. The number of ether oxygens (including phenoxy) is 1. The minimum Gasteiger partial charge on any atom is -0.369 e. The molecule has 126 valence electrons. The molecule has 3 heterocycles. The molecule has 1 aromatic rings. The van der Waals surface area contributed by atoms with Crippen LogP contribution in [0.3, 0.4) is 0 Å². The fourth-order valence-electron chi connectivity index (χ4n) is 3.49. The number of amides is 2. The van der Waals surface area contributed by atoms with Gasteiger partial charge in [0.2, 0.25) is 5.91 Å². The highest BCUT2D eigenvalue weighted by atomic mass is 16.5. The van der Waals surface area contributed by atoms with E-state index in [9.17, 15) is 9.59 Å². The lowest BCUT2D eigenvalue weighted by Gasteiger charge is -2.27. The van der Waals surface area contributed by atoms with Crippen molar-refractivity contribution in [3.63, 3.8) is 0 Å². The highest BCUT2D eigenvalue weighted by molar-refractivity contribution is 5.94. The molecule has 23 heavy (non-hydrogen) atoms. The Bertz CT molecular complexity index is 640. The van der Waals surface area contributed by atoms with Crippen molar-refractivity contribution in [1.29, 1.82) is 0 Å². The molecule has 2 aliphatic rings. The summed E-state index contributed by atoms with van der Waals surface area (Å²) >= 11 is 0. The second-order valence-electron chi connectivity index (χ2n) is 6.49. The molecule has 0 aliphatic carbocycles. The van der Waals surface area contributed by atoms with E-state index in [1.165, 1.54) is 0 Å². The van der Waals surface area contributed by atoms with Gasteiger partial charge in [0.15, 0.2) is 5.69 Å². The van der Waals surface area contributed by atoms with Gasteiger partial charge in [0.05, 0.1) is 17.9 Å². The Hall–Kier alpha value is -1.89. The predicted octanol–water partition coefficient (Wildman–Crippen LogP) is 0.747. The van der Waals surface area contributed by atoms with Crippen molar-refractivity contribution in [2.75, 3.05) is 26.7 Å². The van der Waals surface area contributed by atoms with Gasteiger partial charge in [0.1, 0.15) is 0 Å². The molecule has 2 amide bonds. The molecule has 3 rings (SSSR count). The van der Waals surface area contributed by atoms with E-state index in [4.69, 9.17) is 4.74 Å². The number of nitrogens with zero attached hydrogens (tertiary/aromatic N) is 4. The molecule has 0 radical (unpaired) electrons. The maximum Gasteiger partial charge on any atom is 0.274 e. The largest absolute Gasteiger partial charge is 0.369 e. The van der Waals surface area contributed by atoms with Crippen LogP contribution in [-0.4, -0.2) is 64.2 Å². The molecule has 0 aromatic carbocycles. The van der Waals surface area contributed by atoms with E-state index in [0.717, 1.165) is 11.3 Å². The van der Waals surface area contributed by atoms with E-state index in [0.29, 0.717) is 38.2 Å². The fourth-order valence-corrected chi connectivity index (χ4v) is 3.49. The summed E-state index contributed by atoms with van der Waals surface area (Å²) in [5.41, 5.74) is 2.49. The first-order chi connectivity index (χ1) is 10.9. The van der Waals surface area contributed by atoms with Crippen molar-refractivity contribution in [2.45, 2.75) is 38.9 Å². The van der Waals surface area contributed by atoms with E-state index < -0.39 is 0 Å². The molecule has 7 heteroatoms. The van der Waals surface area contributed by atoms with Gasteiger partial charge in [-0.3, -0.25) is 14.3 Å². The minimum atomic E-state index is -0.0775. The molecule has 0 unspecified atom stereocenters. The maximum absolute atomic E-state index is 12.9. The summed E-state index contributed by atoms with van der Waals surface area (Å²) in [6.07, 6.45) is 1.07. The van der Waals surface area contributed by atoms with Gasteiger partial charge >= 0.3 is 0 Å². The lowest BCUT2D eigenvalue weighted by atomic mass is 9.99. The summed E-state index contributed by atoms with van der Waals surface area (Å²) in [6.45, 7) is 5.57. The number of aryl methyl sites for hydroxylation is 1. The SMILES string of the molecule is C[C@@H]1Cc2c(C(=O)N3CCC(=O)N(C)CC3)nn(C)c2[C@H](C)O1. The quantitative estimate of drug-likeness (QED) is 0.766. The van der Waals surface area contributed by atoms with Crippen molar-refractivity contribution in [3.05, 3.63) is 17.0 Å². The Kier molecular flexibility index (Phi) is 4.14. The minimum absolute atomic E-state index is 0.0651. The molecular formula is C16H24N4O3. The molecule has 1 aromatic heterocycles. The molecule has 1 saturated heterocycles. The smallest absolute Gasteiger partial charge is 0.274 e. The van der Waals surface area contributed by atoms with Crippen molar-refractivity contribution in [2.24, 2.45) is 7.05 Å². The van der Waals surface area contributed by atoms with Gasteiger partial charge in [-0.15, -0.1) is 0 Å². The van der Waals surface area contributed by atoms with Crippen molar-refractivity contribution < 1.29 is 14.3 Å². The van der Waals surface area contributed by atoms with Crippen LogP contribution in [0, 0.1) is 0 Å². The molecule has 0 bridgehead atoms. The van der Waals surface area contributed by atoms with Crippen molar-refractivity contribution >= 4 is 11.8 Å². The van der Waals surface area contributed by atoms with Crippen LogP contribution in [0.15, 0.2) is 0 Å². The molecular weight excluding hydrogens is 296 g/mol. The van der Waals surface area contributed by atoms with Crippen LogP contribution in [0.25, 0.3) is 0 Å². The molecule has 0 spiro atoms. The molecule has 2 aliphatic heterocycles. The van der Waals surface area contributed by atoms with E-state index >= 15 is 0 Å². The van der Waals surface area contributed by atoms with Crippen LogP contribution in [-0.2, 0) is 23.0 Å². The van der Waals surface area contributed by atoms with E-state index in [2.05, 4.69) is 5.10 Å². The Morgan fingerprint density at radius 3 is 2.70 bits per heavy atom. The number of aromatic nitrogens is 2.